The number of aryl methyl sites for hydroxylation is 2. The van der Waals surface area contributed by atoms with Crippen molar-refractivity contribution in [3.8, 4) is 5.75 Å². The summed E-state index contributed by atoms with van der Waals surface area (Å²) in [6.45, 7) is 6.93. The molecule has 1 aliphatic rings. The minimum absolute atomic E-state index is 0.118. The molecule has 0 saturated heterocycles. The molecule has 0 fully saturated rings. The molecule has 0 aromatic heterocycles. The highest BCUT2D eigenvalue weighted by atomic mass is 32.2. The van der Waals surface area contributed by atoms with Crippen molar-refractivity contribution in [2.45, 2.75) is 44.9 Å². The predicted molar refractivity (Wildman–Crippen MR) is 111 cm³/mol. The molecule has 7 heteroatoms. The second-order valence-corrected chi connectivity index (χ2v) is 8.54. The summed E-state index contributed by atoms with van der Waals surface area (Å²) >= 11 is 0. The minimum atomic E-state index is -3.71. The summed E-state index contributed by atoms with van der Waals surface area (Å²) in [4.78, 5) is 14.1. The van der Waals surface area contributed by atoms with Crippen LogP contribution in [0.5, 0.6) is 5.75 Å². The van der Waals surface area contributed by atoms with Gasteiger partial charge in [-0.1, -0.05) is 6.92 Å². The van der Waals surface area contributed by atoms with Crippen LogP contribution in [0.15, 0.2) is 41.3 Å². The predicted octanol–water partition coefficient (Wildman–Crippen LogP) is 3.88. The van der Waals surface area contributed by atoms with Crippen molar-refractivity contribution in [1.82, 2.24) is 0 Å². The Kier molecular flexibility index (Phi) is 5.93. The number of hydrogen-bond acceptors (Lipinski definition) is 4. The number of hydrogen-bond donors (Lipinski definition) is 1. The quantitative estimate of drug-likeness (QED) is 0.762. The van der Waals surface area contributed by atoms with Gasteiger partial charge in [-0.2, -0.15) is 0 Å². The molecule has 0 aliphatic carbocycles. The van der Waals surface area contributed by atoms with Crippen LogP contribution in [0.3, 0.4) is 0 Å². The van der Waals surface area contributed by atoms with Crippen molar-refractivity contribution in [3.05, 3.63) is 47.5 Å². The number of ether oxygens (including phenoxy) is 1. The van der Waals surface area contributed by atoms with Crippen molar-refractivity contribution >= 4 is 27.3 Å². The fraction of sp³-hybridized carbons (Fsp3) is 0.381. The van der Waals surface area contributed by atoms with Crippen LogP contribution < -0.4 is 14.4 Å². The lowest BCUT2D eigenvalue weighted by Gasteiger charge is -2.29. The number of benzene rings is 2. The zero-order valence-electron chi connectivity index (χ0n) is 16.5. The van der Waals surface area contributed by atoms with E-state index >= 15 is 0 Å². The third-order valence-electron chi connectivity index (χ3n) is 4.74. The lowest BCUT2D eigenvalue weighted by atomic mass is 10.0. The first-order chi connectivity index (χ1) is 13.4. The van der Waals surface area contributed by atoms with E-state index in [2.05, 4.69) is 4.72 Å². The van der Waals surface area contributed by atoms with Crippen molar-refractivity contribution in [2.24, 2.45) is 0 Å². The van der Waals surface area contributed by atoms with Crippen LogP contribution in [0.1, 0.15) is 37.8 Å². The van der Waals surface area contributed by atoms with Gasteiger partial charge >= 0.3 is 0 Å². The second-order valence-electron chi connectivity index (χ2n) is 6.85. The van der Waals surface area contributed by atoms with E-state index in [-0.39, 0.29) is 10.8 Å². The largest absolute Gasteiger partial charge is 0.494 e. The maximum Gasteiger partial charge on any atom is 0.261 e. The Balaban J connectivity index is 1.85. The Bertz CT molecular complexity index is 986. The van der Waals surface area contributed by atoms with Gasteiger partial charge in [0, 0.05) is 24.3 Å². The van der Waals surface area contributed by atoms with E-state index in [4.69, 9.17) is 4.74 Å². The molecule has 0 unspecified atom stereocenters. The number of nitrogens with zero attached hydrogens (tertiary/aromatic N) is 1. The fourth-order valence-electron chi connectivity index (χ4n) is 3.41. The molecular formula is C21H26N2O4S. The van der Waals surface area contributed by atoms with Gasteiger partial charge in [0.1, 0.15) is 5.75 Å². The van der Waals surface area contributed by atoms with Gasteiger partial charge in [-0.3, -0.25) is 9.52 Å². The first kappa shape index (κ1) is 20.2. The van der Waals surface area contributed by atoms with Crippen molar-refractivity contribution < 1.29 is 17.9 Å². The first-order valence-electron chi connectivity index (χ1n) is 9.55. The molecule has 2 aromatic rings. The molecule has 28 heavy (non-hydrogen) atoms. The Morgan fingerprint density at radius 3 is 2.57 bits per heavy atom. The summed E-state index contributed by atoms with van der Waals surface area (Å²) < 4.78 is 33.7. The summed E-state index contributed by atoms with van der Waals surface area (Å²) in [5.41, 5.74) is 3.12. The molecular weight excluding hydrogens is 376 g/mol. The molecule has 0 radical (unpaired) electrons. The van der Waals surface area contributed by atoms with E-state index in [9.17, 15) is 13.2 Å². The van der Waals surface area contributed by atoms with Crippen molar-refractivity contribution in [1.29, 1.82) is 0 Å². The number of nitrogens with one attached hydrogen (secondary N) is 1. The van der Waals surface area contributed by atoms with Crippen LogP contribution >= 0.6 is 0 Å². The maximum atomic E-state index is 12.8. The molecule has 3 rings (SSSR count). The van der Waals surface area contributed by atoms with E-state index in [1.54, 1.807) is 29.2 Å². The van der Waals surface area contributed by atoms with Crippen LogP contribution in [0, 0.1) is 6.92 Å². The van der Waals surface area contributed by atoms with Gasteiger partial charge < -0.3 is 9.64 Å². The number of amides is 1. The molecule has 1 N–H and O–H groups in total. The Labute approximate surface area is 166 Å². The van der Waals surface area contributed by atoms with Gasteiger partial charge in [-0.15, -0.1) is 0 Å². The SMILES string of the molecule is CCCN1C(=O)CCc2cc(NS(=O)(=O)c3ccc(OCC)c(C)c3)ccc21. The third-order valence-corrected chi connectivity index (χ3v) is 6.11. The molecule has 0 atom stereocenters. The Morgan fingerprint density at radius 2 is 1.89 bits per heavy atom. The molecule has 6 nitrogen and oxygen atoms in total. The number of fused-ring (bicyclic) bond motifs is 1. The normalized spacial score (nSPS) is 14.0. The van der Waals surface area contributed by atoms with E-state index < -0.39 is 10.0 Å². The number of rotatable bonds is 7. The lowest BCUT2D eigenvalue weighted by Crippen LogP contribution is -2.35. The highest BCUT2D eigenvalue weighted by Crippen LogP contribution is 2.31. The topological polar surface area (TPSA) is 75.7 Å². The third kappa shape index (κ3) is 4.14. The van der Waals surface area contributed by atoms with E-state index in [1.165, 1.54) is 0 Å². The molecule has 0 spiro atoms. The molecule has 1 heterocycles. The highest BCUT2D eigenvalue weighted by molar-refractivity contribution is 7.92. The van der Waals surface area contributed by atoms with Gasteiger partial charge in [-0.05, 0) is 74.2 Å². The number of anilines is 2. The summed E-state index contributed by atoms with van der Waals surface area (Å²) in [7, 11) is -3.71. The number of sulfonamides is 1. The van der Waals surface area contributed by atoms with Crippen LogP contribution in [0.25, 0.3) is 0 Å². The molecule has 150 valence electrons. The van der Waals surface area contributed by atoms with Crippen LogP contribution in [-0.2, 0) is 21.2 Å². The summed E-state index contributed by atoms with van der Waals surface area (Å²) in [6, 6.07) is 10.2. The van der Waals surface area contributed by atoms with Gasteiger partial charge in [0.25, 0.3) is 10.0 Å². The minimum Gasteiger partial charge on any atom is -0.494 e. The monoisotopic (exact) mass is 402 g/mol. The van der Waals surface area contributed by atoms with Crippen LogP contribution in [0.4, 0.5) is 11.4 Å². The van der Waals surface area contributed by atoms with Crippen molar-refractivity contribution in [3.63, 3.8) is 0 Å². The van der Waals surface area contributed by atoms with Gasteiger partial charge in [0.2, 0.25) is 5.91 Å². The number of carbonyl (C=O) groups is 1. The average molecular weight is 403 g/mol. The second kappa shape index (κ2) is 8.22. The zero-order valence-corrected chi connectivity index (χ0v) is 17.3. The lowest BCUT2D eigenvalue weighted by molar-refractivity contribution is -0.118. The van der Waals surface area contributed by atoms with Gasteiger partial charge in [0.05, 0.1) is 11.5 Å². The number of carbonyl (C=O) groups excluding carboxylic acids is 1. The zero-order chi connectivity index (χ0) is 20.3. The molecule has 2 aromatic carbocycles. The fourth-order valence-corrected chi connectivity index (χ4v) is 4.55. The average Bonchev–Trinajstić information content (AvgIpc) is 2.65. The van der Waals surface area contributed by atoms with E-state index in [0.29, 0.717) is 37.4 Å². The van der Waals surface area contributed by atoms with Crippen LogP contribution in [-0.4, -0.2) is 27.5 Å². The van der Waals surface area contributed by atoms with Gasteiger partial charge in [-0.25, -0.2) is 8.42 Å². The van der Waals surface area contributed by atoms with E-state index in [1.807, 2.05) is 32.9 Å². The summed E-state index contributed by atoms with van der Waals surface area (Å²) in [5, 5.41) is 0. The molecule has 0 bridgehead atoms. The summed E-state index contributed by atoms with van der Waals surface area (Å²) in [5.74, 6) is 0.795. The summed E-state index contributed by atoms with van der Waals surface area (Å²) in [6.07, 6.45) is 1.93. The van der Waals surface area contributed by atoms with Crippen molar-refractivity contribution in [2.75, 3.05) is 22.8 Å². The van der Waals surface area contributed by atoms with Crippen LogP contribution in [0.2, 0.25) is 0 Å². The molecule has 0 saturated carbocycles. The first-order valence-corrected chi connectivity index (χ1v) is 11.0. The van der Waals surface area contributed by atoms with Gasteiger partial charge in [0.15, 0.2) is 0 Å². The smallest absolute Gasteiger partial charge is 0.261 e. The highest BCUT2D eigenvalue weighted by Gasteiger charge is 2.24. The van der Waals surface area contributed by atoms with E-state index in [0.717, 1.165) is 23.2 Å². The molecule has 1 aliphatic heterocycles. The Morgan fingerprint density at radius 1 is 1.11 bits per heavy atom. The standard InChI is InChI=1S/C21H26N2O4S/c1-4-12-23-19-9-7-17(14-16(19)6-11-21(23)24)22-28(25,26)18-8-10-20(27-5-2)15(3)13-18/h7-10,13-14,22H,4-6,11-12H2,1-3H3. The Hall–Kier alpha value is -2.54. The molecule has 1 amide bonds. The maximum absolute atomic E-state index is 12.8.